The number of rotatable bonds is 4. The third kappa shape index (κ3) is 4.31. The lowest BCUT2D eigenvalue weighted by atomic mass is 10.1. The fourth-order valence-corrected chi connectivity index (χ4v) is 4.90. The first-order chi connectivity index (χ1) is 13.9. The van der Waals surface area contributed by atoms with Gasteiger partial charge >= 0.3 is 0 Å². The third-order valence-corrected chi connectivity index (χ3v) is 7.25. The second-order valence-electron chi connectivity index (χ2n) is 6.61. The lowest BCUT2D eigenvalue weighted by molar-refractivity contribution is 0.384. The van der Waals surface area contributed by atoms with Crippen LogP contribution < -0.4 is 4.90 Å². The van der Waals surface area contributed by atoms with Crippen LogP contribution in [0.3, 0.4) is 0 Å². The first-order valence-electron chi connectivity index (χ1n) is 9.02. The van der Waals surface area contributed by atoms with Gasteiger partial charge in [-0.15, -0.1) is 0 Å². The van der Waals surface area contributed by atoms with Gasteiger partial charge in [0.15, 0.2) is 0 Å². The molecule has 0 aliphatic carbocycles. The summed E-state index contributed by atoms with van der Waals surface area (Å²) in [6, 6.07) is 14.6. The Bertz CT molecular complexity index is 1100. The zero-order chi connectivity index (χ0) is 20.4. The van der Waals surface area contributed by atoms with E-state index in [1.165, 1.54) is 22.8 Å². The molecular formula is C20H18BrFN4O2S. The Morgan fingerprint density at radius 3 is 2.21 bits per heavy atom. The highest BCUT2D eigenvalue weighted by atomic mass is 79.9. The van der Waals surface area contributed by atoms with Crippen molar-refractivity contribution in [1.29, 1.82) is 0 Å². The van der Waals surface area contributed by atoms with Crippen molar-refractivity contribution in [3.8, 4) is 11.3 Å². The molecule has 2 heterocycles. The van der Waals surface area contributed by atoms with Crippen molar-refractivity contribution in [1.82, 2.24) is 14.3 Å². The van der Waals surface area contributed by atoms with Gasteiger partial charge in [-0.3, -0.25) is 0 Å². The van der Waals surface area contributed by atoms with Crippen molar-refractivity contribution in [3.63, 3.8) is 0 Å². The van der Waals surface area contributed by atoms with E-state index in [0.29, 0.717) is 31.9 Å². The van der Waals surface area contributed by atoms with E-state index in [1.54, 1.807) is 36.4 Å². The summed E-state index contributed by atoms with van der Waals surface area (Å²) in [5, 5.41) is 0. The lowest BCUT2D eigenvalue weighted by Gasteiger charge is -2.34. The Kier molecular flexibility index (Phi) is 5.62. The summed E-state index contributed by atoms with van der Waals surface area (Å²) in [6.45, 7) is 1.79. The summed E-state index contributed by atoms with van der Waals surface area (Å²) in [6.07, 6.45) is 1.47. The molecule has 0 atom stereocenters. The van der Waals surface area contributed by atoms with Gasteiger partial charge in [-0.1, -0.05) is 15.9 Å². The van der Waals surface area contributed by atoms with Crippen molar-refractivity contribution in [3.05, 3.63) is 71.2 Å². The molecule has 29 heavy (non-hydrogen) atoms. The molecule has 3 aromatic rings. The van der Waals surface area contributed by atoms with Crippen molar-refractivity contribution in [2.75, 3.05) is 31.1 Å². The molecule has 4 rings (SSSR count). The number of hydrogen-bond donors (Lipinski definition) is 0. The maximum absolute atomic E-state index is 13.2. The summed E-state index contributed by atoms with van der Waals surface area (Å²) in [5.41, 5.74) is 1.49. The van der Waals surface area contributed by atoms with Crippen LogP contribution in [0, 0.1) is 5.82 Å². The molecular weight excluding hydrogens is 459 g/mol. The van der Waals surface area contributed by atoms with E-state index < -0.39 is 10.0 Å². The normalized spacial score (nSPS) is 15.4. The topological polar surface area (TPSA) is 66.4 Å². The standard InChI is InChI=1S/C20H18BrFN4O2S/c21-16-3-7-18(8-4-16)29(27,28)26-11-9-25(10-12-26)20-13-19(23-14-24-20)15-1-5-17(22)6-2-15/h1-8,13-14H,9-12H2. The molecule has 1 fully saturated rings. The summed E-state index contributed by atoms with van der Waals surface area (Å²) in [4.78, 5) is 10.9. The first kappa shape index (κ1) is 19.9. The Labute approximate surface area is 177 Å². The zero-order valence-electron chi connectivity index (χ0n) is 15.4. The third-order valence-electron chi connectivity index (χ3n) is 4.81. The number of hydrogen-bond acceptors (Lipinski definition) is 5. The fourth-order valence-electron chi connectivity index (χ4n) is 3.21. The summed E-state index contributed by atoms with van der Waals surface area (Å²) in [5.74, 6) is 0.422. The zero-order valence-corrected chi connectivity index (χ0v) is 17.8. The van der Waals surface area contributed by atoms with Gasteiger partial charge in [-0.05, 0) is 48.5 Å². The molecule has 2 aromatic carbocycles. The molecule has 6 nitrogen and oxygen atoms in total. The van der Waals surface area contributed by atoms with E-state index in [2.05, 4.69) is 25.9 Å². The molecule has 0 saturated carbocycles. The predicted molar refractivity (Wildman–Crippen MR) is 113 cm³/mol. The second-order valence-corrected chi connectivity index (χ2v) is 9.47. The van der Waals surface area contributed by atoms with Gasteiger partial charge in [0.1, 0.15) is 18.0 Å². The molecule has 0 spiro atoms. The Hall–Kier alpha value is -2.36. The number of halogens is 2. The Morgan fingerprint density at radius 2 is 1.55 bits per heavy atom. The van der Waals surface area contributed by atoms with Gasteiger partial charge in [0.05, 0.1) is 10.6 Å². The molecule has 1 aliphatic rings. The van der Waals surface area contributed by atoms with Crippen LogP contribution in [-0.2, 0) is 10.0 Å². The van der Waals surface area contributed by atoms with Crippen LogP contribution in [-0.4, -0.2) is 48.9 Å². The SMILES string of the molecule is O=S(=O)(c1ccc(Br)cc1)N1CCN(c2cc(-c3ccc(F)cc3)ncn2)CC1. The first-order valence-corrected chi connectivity index (χ1v) is 11.3. The number of benzene rings is 2. The minimum absolute atomic E-state index is 0.287. The average molecular weight is 477 g/mol. The maximum Gasteiger partial charge on any atom is 0.243 e. The summed E-state index contributed by atoms with van der Waals surface area (Å²) >= 11 is 3.32. The quantitative estimate of drug-likeness (QED) is 0.575. The van der Waals surface area contributed by atoms with Crippen LogP contribution in [0.2, 0.25) is 0 Å². The largest absolute Gasteiger partial charge is 0.354 e. The van der Waals surface area contributed by atoms with Crippen LogP contribution in [0.1, 0.15) is 0 Å². The average Bonchev–Trinajstić information content (AvgIpc) is 2.75. The maximum atomic E-state index is 13.2. The van der Waals surface area contributed by atoms with Crippen molar-refractivity contribution < 1.29 is 12.8 Å². The fraction of sp³-hybridized carbons (Fsp3) is 0.200. The number of sulfonamides is 1. The van der Waals surface area contributed by atoms with Crippen molar-refractivity contribution in [2.24, 2.45) is 0 Å². The van der Waals surface area contributed by atoms with Gasteiger partial charge in [-0.2, -0.15) is 4.31 Å². The summed E-state index contributed by atoms with van der Waals surface area (Å²) in [7, 11) is -3.52. The van der Waals surface area contributed by atoms with E-state index >= 15 is 0 Å². The smallest absolute Gasteiger partial charge is 0.243 e. The highest BCUT2D eigenvalue weighted by Crippen LogP contribution is 2.24. The van der Waals surface area contributed by atoms with Crippen LogP contribution >= 0.6 is 15.9 Å². The number of nitrogens with zero attached hydrogens (tertiary/aromatic N) is 4. The van der Waals surface area contributed by atoms with Gasteiger partial charge in [0.2, 0.25) is 10.0 Å². The second kappa shape index (κ2) is 8.17. The van der Waals surface area contributed by atoms with Gasteiger partial charge in [0, 0.05) is 42.3 Å². The van der Waals surface area contributed by atoms with Crippen LogP contribution in [0.15, 0.2) is 70.3 Å². The van der Waals surface area contributed by atoms with Gasteiger partial charge < -0.3 is 4.90 Å². The molecule has 0 bridgehead atoms. The van der Waals surface area contributed by atoms with E-state index in [0.717, 1.165) is 15.9 Å². The minimum atomic E-state index is -3.52. The summed E-state index contributed by atoms with van der Waals surface area (Å²) < 4.78 is 41.2. The predicted octanol–water partition coefficient (Wildman–Crippen LogP) is 3.56. The molecule has 1 saturated heterocycles. The monoisotopic (exact) mass is 476 g/mol. The molecule has 0 radical (unpaired) electrons. The Balaban J connectivity index is 1.48. The highest BCUT2D eigenvalue weighted by Gasteiger charge is 2.29. The molecule has 0 amide bonds. The van der Waals surface area contributed by atoms with E-state index in [4.69, 9.17) is 0 Å². The minimum Gasteiger partial charge on any atom is -0.354 e. The highest BCUT2D eigenvalue weighted by molar-refractivity contribution is 9.10. The molecule has 9 heteroatoms. The molecule has 1 aliphatic heterocycles. The van der Waals surface area contributed by atoms with Gasteiger partial charge in [-0.25, -0.2) is 22.8 Å². The van der Waals surface area contributed by atoms with Crippen LogP contribution in [0.5, 0.6) is 0 Å². The van der Waals surface area contributed by atoms with Crippen LogP contribution in [0.4, 0.5) is 10.2 Å². The molecule has 150 valence electrons. The number of piperazine rings is 1. The van der Waals surface area contributed by atoms with Crippen LogP contribution in [0.25, 0.3) is 11.3 Å². The van der Waals surface area contributed by atoms with E-state index in [1.807, 2.05) is 11.0 Å². The molecule has 0 N–H and O–H groups in total. The number of aromatic nitrogens is 2. The Morgan fingerprint density at radius 1 is 0.897 bits per heavy atom. The lowest BCUT2D eigenvalue weighted by Crippen LogP contribution is -2.48. The van der Waals surface area contributed by atoms with Crippen molar-refractivity contribution >= 4 is 31.8 Å². The van der Waals surface area contributed by atoms with E-state index in [9.17, 15) is 12.8 Å². The van der Waals surface area contributed by atoms with Gasteiger partial charge in [0.25, 0.3) is 0 Å². The molecule has 1 aromatic heterocycles. The molecule has 0 unspecified atom stereocenters. The van der Waals surface area contributed by atoms with Crippen molar-refractivity contribution in [2.45, 2.75) is 4.90 Å². The number of anilines is 1. The van der Waals surface area contributed by atoms with E-state index in [-0.39, 0.29) is 10.7 Å².